The summed E-state index contributed by atoms with van der Waals surface area (Å²) in [6.07, 6.45) is 0. The molecule has 0 aliphatic carbocycles. The SMILES string of the molecule is Cn1c(=S)[nH]c(=O)c2ccc([N+](=O)[O-])cc21. The number of benzene rings is 1. The van der Waals surface area contributed by atoms with Crippen LogP contribution in [0, 0.1) is 14.9 Å². The Morgan fingerprint density at radius 2 is 2.19 bits per heavy atom. The van der Waals surface area contributed by atoms with E-state index in [0.29, 0.717) is 10.9 Å². The Morgan fingerprint density at radius 3 is 2.81 bits per heavy atom. The summed E-state index contributed by atoms with van der Waals surface area (Å²) in [5.74, 6) is 0. The average molecular weight is 237 g/mol. The van der Waals surface area contributed by atoms with Crippen LogP contribution in [0.1, 0.15) is 0 Å². The van der Waals surface area contributed by atoms with Gasteiger partial charge in [0.15, 0.2) is 4.77 Å². The van der Waals surface area contributed by atoms with E-state index in [4.69, 9.17) is 12.2 Å². The molecule has 0 aliphatic heterocycles. The molecular weight excluding hydrogens is 230 g/mol. The summed E-state index contributed by atoms with van der Waals surface area (Å²) in [6, 6.07) is 4.04. The Hall–Kier alpha value is -2.02. The Labute approximate surface area is 94.3 Å². The number of aromatic nitrogens is 2. The number of nitrogens with one attached hydrogen (secondary N) is 1. The van der Waals surface area contributed by atoms with Gasteiger partial charge in [-0.3, -0.25) is 19.9 Å². The van der Waals surface area contributed by atoms with Crippen molar-refractivity contribution in [1.82, 2.24) is 9.55 Å². The van der Waals surface area contributed by atoms with E-state index < -0.39 is 4.92 Å². The molecule has 6 nitrogen and oxygen atoms in total. The van der Waals surface area contributed by atoms with Gasteiger partial charge < -0.3 is 4.57 Å². The number of H-pyrrole nitrogens is 1. The number of aromatic amines is 1. The monoisotopic (exact) mass is 237 g/mol. The van der Waals surface area contributed by atoms with Gasteiger partial charge >= 0.3 is 0 Å². The second-order valence-electron chi connectivity index (χ2n) is 3.28. The first-order chi connectivity index (χ1) is 7.50. The van der Waals surface area contributed by atoms with Gasteiger partial charge in [-0.15, -0.1) is 0 Å². The summed E-state index contributed by atoms with van der Waals surface area (Å²) in [4.78, 5) is 24.1. The van der Waals surface area contributed by atoms with Crippen molar-refractivity contribution < 1.29 is 4.92 Å². The Balaban J connectivity index is 2.97. The molecule has 0 aliphatic rings. The summed E-state index contributed by atoms with van der Waals surface area (Å²) in [6.45, 7) is 0. The molecule has 0 bridgehead atoms. The fraction of sp³-hybridized carbons (Fsp3) is 0.111. The largest absolute Gasteiger partial charge is 0.321 e. The van der Waals surface area contributed by atoms with Gasteiger partial charge in [0.2, 0.25) is 0 Å². The van der Waals surface area contributed by atoms with Gasteiger partial charge in [0.1, 0.15) is 0 Å². The molecule has 1 heterocycles. The number of fused-ring (bicyclic) bond motifs is 1. The number of hydrogen-bond donors (Lipinski definition) is 1. The van der Waals surface area contributed by atoms with Gasteiger partial charge in [0.25, 0.3) is 11.2 Å². The molecule has 1 aromatic carbocycles. The summed E-state index contributed by atoms with van der Waals surface area (Å²) in [5.41, 5.74) is 0.0408. The van der Waals surface area contributed by atoms with E-state index in [0.717, 1.165) is 0 Å². The van der Waals surface area contributed by atoms with E-state index in [2.05, 4.69) is 4.98 Å². The van der Waals surface area contributed by atoms with Crippen LogP contribution in [0.25, 0.3) is 10.9 Å². The molecular formula is C9H7N3O3S. The molecule has 0 unspecified atom stereocenters. The van der Waals surface area contributed by atoms with Crippen molar-refractivity contribution in [1.29, 1.82) is 0 Å². The zero-order valence-corrected chi connectivity index (χ0v) is 9.08. The highest BCUT2D eigenvalue weighted by atomic mass is 32.1. The van der Waals surface area contributed by atoms with E-state index >= 15 is 0 Å². The van der Waals surface area contributed by atoms with Gasteiger partial charge in [-0.1, -0.05) is 0 Å². The number of hydrogen-bond acceptors (Lipinski definition) is 4. The van der Waals surface area contributed by atoms with Crippen LogP contribution >= 0.6 is 12.2 Å². The quantitative estimate of drug-likeness (QED) is 0.463. The third-order valence-electron chi connectivity index (χ3n) is 2.32. The van der Waals surface area contributed by atoms with Crippen LogP contribution < -0.4 is 5.56 Å². The van der Waals surface area contributed by atoms with Crippen LogP contribution in [0.3, 0.4) is 0 Å². The maximum Gasteiger partial charge on any atom is 0.271 e. The molecule has 2 rings (SSSR count). The molecule has 1 aromatic heterocycles. The van der Waals surface area contributed by atoms with Crippen molar-refractivity contribution in [2.75, 3.05) is 0 Å². The van der Waals surface area contributed by atoms with E-state index in [1.54, 1.807) is 7.05 Å². The van der Waals surface area contributed by atoms with E-state index in [-0.39, 0.29) is 16.0 Å². The second-order valence-corrected chi connectivity index (χ2v) is 3.66. The van der Waals surface area contributed by atoms with Gasteiger partial charge in [-0.2, -0.15) is 0 Å². The normalized spacial score (nSPS) is 10.6. The lowest BCUT2D eigenvalue weighted by molar-refractivity contribution is -0.384. The highest BCUT2D eigenvalue weighted by molar-refractivity contribution is 7.71. The lowest BCUT2D eigenvalue weighted by atomic mass is 10.2. The molecule has 2 aromatic rings. The number of nitrogens with zero attached hydrogens (tertiary/aromatic N) is 2. The van der Waals surface area contributed by atoms with Crippen LogP contribution in [-0.2, 0) is 7.05 Å². The van der Waals surface area contributed by atoms with Gasteiger partial charge in [-0.25, -0.2) is 0 Å². The zero-order valence-electron chi connectivity index (χ0n) is 8.26. The molecule has 0 amide bonds. The van der Waals surface area contributed by atoms with Crippen LogP contribution in [0.2, 0.25) is 0 Å². The number of aryl methyl sites for hydroxylation is 1. The van der Waals surface area contributed by atoms with Crippen molar-refractivity contribution in [3.63, 3.8) is 0 Å². The third kappa shape index (κ3) is 1.50. The first-order valence-electron chi connectivity index (χ1n) is 4.38. The number of rotatable bonds is 1. The maximum absolute atomic E-state index is 11.5. The minimum atomic E-state index is -0.510. The minimum Gasteiger partial charge on any atom is -0.321 e. The highest BCUT2D eigenvalue weighted by Gasteiger charge is 2.09. The predicted octanol–water partition coefficient (Wildman–Crippen LogP) is 1.50. The summed E-state index contributed by atoms with van der Waals surface area (Å²) >= 11 is 4.91. The van der Waals surface area contributed by atoms with Crippen molar-refractivity contribution in [3.05, 3.63) is 43.4 Å². The first-order valence-corrected chi connectivity index (χ1v) is 4.79. The van der Waals surface area contributed by atoms with Crippen LogP contribution in [-0.4, -0.2) is 14.5 Å². The van der Waals surface area contributed by atoms with Crippen LogP contribution in [0.15, 0.2) is 23.0 Å². The van der Waals surface area contributed by atoms with Crippen LogP contribution in [0.4, 0.5) is 5.69 Å². The van der Waals surface area contributed by atoms with Gasteiger partial charge in [0.05, 0.1) is 15.8 Å². The molecule has 0 atom stereocenters. The number of nitro benzene ring substituents is 1. The molecule has 0 saturated heterocycles. The summed E-state index contributed by atoms with van der Waals surface area (Å²) in [7, 11) is 1.64. The standard InChI is InChI=1S/C9H7N3O3S/c1-11-7-4-5(12(14)15)2-3-6(7)8(13)10-9(11)16/h2-4H,1H3,(H,10,13,16). The molecule has 0 spiro atoms. The number of non-ortho nitro benzene ring substituents is 1. The molecule has 82 valence electrons. The fourth-order valence-corrected chi connectivity index (χ4v) is 1.65. The second kappa shape index (κ2) is 3.53. The molecule has 7 heteroatoms. The molecule has 16 heavy (non-hydrogen) atoms. The Morgan fingerprint density at radius 1 is 1.50 bits per heavy atom. The van der Waals surface area contributed by atoms with E-state index in [1.807, 2.05) is 0 Å². The smallest absolute Gasteiger partial charge is 0.271 e. The highest BCUT2D eigenvalue weighted by Crippen LogP contribution is 2.17. The third-order valence-corrected chi connectivity index (χ3v) is 2.70. The first kappa shape index (κ1) is 10.5. The van der Waals surface area contributed by atoms with Crippen molar-refractivity contribution >= 4 is 28.8 Å². The average Bonchev–Trinajstić information content (AvgIpc) is 2.25. The lowest BCUT2D eigenvalue weighted by Crippen LogP contribution is -2.12. The zero-order chi connectivity index (χ0) is 11.9. The van der Waals surface area contributed by atoms with Gasteiger partial charge in [0, 0.05) is 19.2 Å². The van der Waals surface area contributed by atoms with Gasteiger partial charge in [-0.05, 0) is 18.3 Å². The Kier molecular flexibility index (Phi) is 2.31. The minimum absolute atomic E-state index is 0.0666. The van der Waals surface area contributed by atoms with Crippen molar-refractivity contribution in [2.45, 2.75) is 0 Å². The molecule has 0 radical (unpaired) electrons. The fourth-order valence-electron chi connectivity index (χ4n) is 1.46. The molecule has 0 saturated carbocycles. The molecule has 1 N–H and O–H groups in total. The lowest BCUT2D eigenvalue weighted by Gasteiger charge is -2.04. The Bertz CT molecular complexity index is 701. The summed E-state index contributed by atoms with van der Waals surface area (Å²) in [5, 5.41) is 11.0. The summed E-state index contributed by atoms with van der Waals surface area (Å²) < 4.78 is 1.76. The van der Waals surface area contributed by atoms with Crippen LogP contribution in [0.5, 0.6) is 0 Å². The van der Waals surface area contributed by atoms with E-state index in [9.17, 15) is 14.9 Å². The van der Waals surface area contributed by atoms with Crippen molar-refractivity contribution in [2.24, 2.45) is 7.05 Å². The molecule has 0 fully saturated rings. The number of nitro groups is 1. The predicted molar refractivity (Wildman–Crippen MR) is 61.0 cm³/mol. The maximum atomic E-state index is 11.5. The van der Waals surface area contributed by atoms with Crippen molar-refractivity contribution in [3.8, 4) is 0 Å². The topological polar surface area (TPSA) is 80.9 Å². The van der Waals surface area contributed by atoms with E-state index in [1.165, 1.54) is 22.8 Å².